The number of carbonyl (C=O) groups is 1. The molecule has 1 amide bonds. The molecule has 0 saturated carbocycles. The van der Waals surface area contributed by atoms with Crippen molar-refractivity contribution in [3.63, 3.8) is 0 Å². The molecule has 0 fully saturated rings. The summed E-state index contributed by atoms with van der Waals surface area (Å²) in [6.07, 6.45) is 0.789. The Balaban J connectivity index is 0.00000392. The second-order valence-corrected chi connectivity index (χ2v) is 6.47. The molecule has 3 N–H and O–H groups in total. The van der Waals surface area contributed by atoms with E-state index in [0.29, 0.717) is 41.8 Å². The van der Waals surface area contributed by atoms with Gasteiger partial charge in [0.2, 0.25) is 0 Å². The fourth-order valence-electron chi connectivity index (χ4n) is 2.51. The van der Waals surface area contributed by atoms with Crippen LogP contribution in [0.25, 0.3) is 0 Å². The molecule has 0 bridgehead atoms. The van der Waals surface area contributed by atoms with Crippen molar-refractivity contribution in [2.24, 2.45) is 0 Å². The quantitative estimate of drug-likeness (QED) is 0.465. The minimum atomic E-state index is -0.306. The maximum Gasteiger partial charge on any atom is 0.255 e. The van der Waals surface area contributed by atoms with Crippen molar-refractivity contribution in [1.82, 2.24) is 5.32 Å². The van der Waals surface area contributed by atoms with Gasteiger partial charge in [-0.25, -0.2) is 0 Å². The Labute approximate surface area is 176 Å². The Morgan fingerprint density at radius 2 is 1.89 bits per heavy atom. The third-order valence-corrected chi connectivity index (χ3v) is 4.30. The summed E-state index contributed by atoms with van der Waals surface area (Å²) in [7, 11) is 3.14. The number of rotatable bonds is 9. The smallest absolute Gasteiger partial charge is 0.255 e. The minimum absolute atomic E-state index is 0. The number of nitrogen functional groups attached to an aromatic ring is 1. The lowest BCUT2D eigenvalue weighted by molar-refractivity contribution is 0.0947. The van der Waals surface area contributed by atoms with E-state index in [1.165, 1.54) is 19.2 Å². The number of hydrogen-bond acceptors (Lipinski definition) is 5. The van der Waals surface area contributed by atoms with Gasteiger partial charge in [0, 0.05) is 38.3 Å². The van der Waals surface area contributed by atoms with E-state index in [-0.39, 0.29) is 18.3 Å². The SMILES string of the molecule is COCCCOc1cc(C)ccc1CNC(=O)c1cc(Cl)c(N)cc1OC.Cl. The van der Waals surface area contributed by atoms with Gasteiger partial charge in [0.05, 0.1) is 30.0 Å². The van der Waals surface area contributed by atoms with Crippen LogP contribution in [0.2, 0.25) is 5.02 Å². The summed E-state index contributed by atoms with van der Waals surface area (Å²) in [6.45, 7) is 3.48. The molecule has 154 valence electrons. The average molecular weight is 429 g/mol. The molecular formula is C20H26Cl2N2O4. The lowest BCUT2D eigenvalue weighted by Gasteiger charge is -2.14. The summed E-state index contributed by atoms with van der Waals surface area (Å²) in [5.41, 5.74) is 8.41. The first-order chi connectivity index (χ1) is 13.0. The second kappa shape index (κ2) is 11.6. The van der Waals surface area contributed by atoms with Gasteiger partial charge in [-0.3, -0.25) is 4.79 Å². The van der Waals surface area contributed by atoms with Gasteiger partial charge in [-0.2, -0.15) is 0 Å². The standard InChI is InChI=1S/C20H25ClN2O4.ClH/c1-13-5-6-14(18(9-13)27-8-4-7-25-2)12-23-20(24)15-10-16(21)17(22)11-19(15)26-3;/h5-6,9-11H,4,7-8,12,22H2,1-3H3,(H,23,24);1H. The maximum absolute atomic E-state index is 12.6. The first kappa shape index (κ1) is 23.9. The van der Waals surface area contributed by atoms with Gasteiger partial charge in [0.25, 0.3) is 5.91 Å². The number of hydrogen-bond donors (Lipinski definition) is 2. The molecule has 0 radical (unpaired) electrons. The Bertz CT molecular complexity index is 800. The maximum atomic E-state index is 12.6. The second-order valence-electron chi connectivity index (χ2n) is 6.06. The van der Waals surface area contributed by atoms with Crippen LogP contribution in [-0.4, -0.2) is 33.3 Å². The summed E-state index contributed by atoms with van der Waals surface area (Å²) in [6, 6.07) is 8.91. The molecule has 2 aromatic carbocycles. The molecule has 0 aliphatic carbocycles. The third kappa shape index (κ3) is 6.48. The molecule has 2 aromatic rings. The van der Waals surface area contributed by atoms with Crippen molar-refractivity contribution in [2.45, 2.75) is 19.9 Å². The van der Waals surface area contributed by atoms with Gasteiger partial charge in [0.1, 0.15) is 11.5 Å². The van der Waals surface area contributed by atoms with Gasteiger partial charge in [-0.05, 0) is 24.6 Å². The Morgan fingerprint density at radius 1 is 1.14 bits per heavy atom. The van der Waals surface area contributed by atoms with E-state index in [4.69, 9.17) is 31.5 Å². The van der Waals surface area contributed by atoms with E-state index in [9.17, 15) is 4.79 Å². The van der Waals surface area contributed by atoms with Gasteiger partial charge < -0.3 is 25.3 Å². The predicted octanol–water partition coefficient (Wildman–Crippen LogP) is 4.01. The zero-order valence-corrected chi connectivity index (χ0v) is 17.8. The number of halogens is 2. The molecule has 8 heteroatoms. The number of amides is 1. The number of ether oxygens (including phenoxy) is 3. The fourth-order valence-corrected chi connectivity index (χ4v) is 2.68. The van der Waals surface area contributed by atoms with Crippen LogP contribution in [0.15, 0.2) is 30.3 Å². The van der Waals surface area contributed by atoms with Crippen LogP contribution in [0, 0.1) is 6.92 Å². The Morgan fingerprint density at radius 3 is 2.57 bits per heavy atom. The lowest BCUT2D eigenvalue weighted by atomic mass is 10.1. The third-order valence-electron chi connectivity index (χ3n) is 3.98. The van der Waals surface area contributed by atoms with Crippen LogP contribution < -0.4 is 20.5 Å². The summed E-state index contributed by atoms with van der Waals surface area (Å²) in [5.74, 6) is 0.808. The van der Waals surface area contributed by atoms with Gasteiger partial charge in [-0.1, -0.05) is 23.7 Å². The van der Waals surface area contributed by atoms with Gasteiger partial charge in [0.15, 0.2) is 0 Å². The normalized spacial score (nSPS) is 10.1. The fraction of sp³-hybridized carbons (Fsp3) is 0.350. The summed E-state index contributed by atoms with van der Waals surface area (Å²) < 4.78 is 16.1. The monoisotopic (exact) mass is 428 g/mol. The molecule has 0 saturated heterocycles. The van der Waals surface area contributed by atoms with Crippen LogP contribution in [0.5, 0.6) is 11.5 Å². The highest BCUT2D eigenvalue weighted by molar-refractivity contribution is 6.33. The summed E-state index contributed by atoms with van der Waals surface area (Å²) in [4.78, 5) is 12.6. The Kier molecular flexibility index (Phi) is 9.93. The molecule has 0 aromatic heterocycles. The number of methoxy groups -OCH3 is 2. The summed E-state index contributed by atoms with van der Waals surface area (Å²) >= 11 is 6.04. The number of carbonyl (C=O) groups excluding carboxylic acids is 1. The van der Waals surface area contributed by atoms with E-state index in [2.05, 4.69) is 5.32 Å². The van der Waals surface area contributed by atoms with E-state index < -0.39 is 0 Å². The van der Waals surface area contributed by atoms with Crippen LogP contribution in [0.4, 0.5) is 5.69 Å². The molecule has 6 nitrogen and oxygen atoms in total. The highest BCUT2D eigenvalue weighted by Crippen LogP contribution is 2.29. The van der Waals surface area contributed by atoms with Crippen LogP contribution in [-0.2, 0) is 11.3 Å². The van der Waals surface area contributed by atoms with Crippen LogP contribution in [0.1, 0.15) is 27.9 Å². The largest absolute Gasteiger partial charge is 0.496 e. The Hall–Kier alpha value is -2.15. The van der Waals surface area contributed by atoms with E-state index in [1.807, 2.05) is 25.1 Å². The molecule has 0 aliphatic rings. The van der Waals surface area contributed by atoms with Crippen molar-refractivity contribution in [3.8, 4) is 11.5 Å². The first-order valence-electron chi connectivity index (χ1n) is 8.58. The molecule has 2 rings (SSSR count). The van der Waals surface area contributed by atoms with Gasteiger partial charge in [-0.15, -0.1) is 12.4 Å². The van der Waals surface area contributed by atoms with E-state index in [1.54, 1.807) is 7.11 Å². The van der Waals surface area contributed by atoms with Gasteiger partial charge >= 0.3 is 0 Å². The molecule has 0 spiro atoms. The zero-order chi connectivity index (χ0) is 19.8. The topological polar surface area (TPSA) is 82.8 Å². The molecule has 0 aliphatic heterocycles. The minimum Gasteiger partial charge on any atom is -0.496 e. The number of nitrogens with two attached hydrogens (primary N) is 1. The highest BCUT2D eigenvalue weighted by atomic mass is 35.5. The molecule has 0 atom stereocenters. The van der Waals surface area contributed by atoms with Crippen LogP contribution >= 0.6 is 24.0 Å². The molecular weight excluding hydrogens is 403 g/mol. The average Bonchev–Trinajstić information content (AvgIpc) is 2.66. The van der Waals surface area contributed by atoms with Crippen molar-refractivity contribution in [2.75, 3.05) is 33.2 Å². The van der Waals surface area contributed by atoms with Crippen LogP contribution in [0.3, 0.4) is 0 Å². The van der Waals surface area contributed by atoms with E-state index >= 15 is 0 Å². The number of benzene rings is 2. The lowest BCUT2D eigenvalue weighted by Crippen LogP contribution is -2.24. The zero-order valence-electron chi connectivity index (χ0n) is 16.2. The number of aryl methyl sites for hydroxylation is 1. The molecule has 0 unspecified atom stereocenters. The van der Waals surface area contributed by atoms with E-state index in [0.717, 1.165) is 23.3 Å². The predicted molar refractivity (Wildman–Crippen MR) is 114 cm³/mol. The molecule has 0 heterocycles. The van der Waals surface area contributed by atoms with Crippen molar-refractivity contribution in [3.05, 3.63) is 52.0 Å². The van der Waals surface area contributed by atoms with Crippen molar-refractivity contribution < 1.29 is 19.0 Å². The molecule has 28 heavy (non-hydrogen) atoms. The van der Waals surface area contributed by atoms with Crippen molar-refractivity contribution in [1.29, 1.82) is 0 Å². The summed E-state index contributed by atoms with van der Waals surface area (Å²) in [5, 5.41) is 3.18. The number of anilines is 1. The van der Waals surface area contributed by atoms with Crippen molar-refractivity contribution >= 4 is 35.6 Å². The number of nitrogens with one attached hydrogen (secondary N) is 1. The highest BCUT2D eigenvalue weighted by Gasteiger charge is 2.15. The first-order valence-corrected chi connectivity index (χ1v) is 8.96.